The van der Waals surface area contributed by atoms with Crippen molar-refractivity contribution >= 4 is 21.7 Å². The molecule has 0 aliphatic carbocycles. The molecule has 146 valence electrons. The third kappa shape index (κ3) is 3.92. The van der Waals surface area contributed by atoms with Gasteiger partial charge in [-0.25, -0.2) is 8.42 Å². The van der Waals surface area contributed by atoms with Crippen molar-refractivity contribution in [3.05, 3.63) is 41.7 Å². The highest BCUT2D eigenvalue weighted by Gasteiger charge is 2.30. The third-order valence-electron chi connectivity index (χ3n) is 4.58. The van der Waals surface area contributed by atoms with E-state index in [1.165, 1.54) is 12.3 Å². The largest absolute Gasteiger partial charge is 0.459 e. The monoisotopic (exact) mass is 394 g/mol. The lowest BCUT2D eigenvalue weighted by molar-refractivity contribution is 0.0501. The Kier molecular flexibility index (Phi) is 5.14. The molecular formula is C18H22N2O6S. The van der Waals surface area contributed by atoms with Crippen molar-refractivity contribution in [3.63, 3.8) is 0 Å². The first kappa shape index (κ1) is 19.2. The Balaban J connectivity index is 1.65. The first-order chi connectivity index (χ1) is 12.7. The van der Waals surface area contributed by atoms with Crippen LogP contribution in [0.15, 0.2) is 38.4 Å². The molecule has 0 spiro atoms. The first-order valence-electron chi connectivity index (χ1n) is 8.63. The van der Waals surface area contributed by atoms with Gasteiger partial charge in [-0.1, -0.05) is 13.8 Å². The molecular weight excluding hydrogens is 372 g/mol. The zero-order chi connectivity index (χ0) is 19.8. The van der Waals surface area contributed by atoms with Crippen LogP contribution in [0.3, 0.4) is 0 Å². The maximum atomic E-state index is 12.7. The summed E-state index contributed by atoms with van der Waals surface area (Å²) >= 11 is 0. The number of piperazine rings is 1. The average Bonchev–Trinajstić information content (AvgIpc) is 3.29. The maximum absolute atomic E-state index is 12.7. The highest BCUT2D eigenvalue weighted by atomic mass is 32.2. The van der Waals surface area contributed by atoms with Gasteiger partial charge in [0.25, 0.3) is 11.8 Å². The molecule has 0 atom stereocenters. The van der Waals surface area contributed by atoms with E-state index in [9.17, 15) is 18.0 Å². The predicted molar refractivity (Wildman–Crippen MR) is 96.4 cm³/mol. The van der Waals surface area contributed by atoms with Gasteiger partial charge in [0, 0.05) is 44.1 Å². The Labute approximate surface area is 157 Å². The summed E-state index contributed by atoms with van der Waals surface area (Å²) in [6.45, 7) is 5.37. The minimum Gasteiger partial charge on any atom is -0.459 e. The normalized spacial score (nSPS) is 15.4. The number of carbonyl (C=O) groups excluding carboxylic acids is 2. The van der Waals surface area contributed by atoms with Gasteiger partial charge in [0.05, 0.1) is 6.26 Å². The standard InChI is InChI=1S/C18H22N2O6S/c1-12(2)14-4-9-25-16(14)18(22)20-7-5-19(6-8-20)17(21)15-10-13(11-26-15)27(3,23)24/h4,9-12H,5-8H2,1-3H3. The Hall–Kier alpha value is -2.55. The number of sulfone groups is 1. The van der Waals surface area contributed by atoms with Crippen molar-refractivity contribution in [2.24, 2.45) is 0 Å². The van der Waals surface area contributed by atoms with E-state index in [0.717, 1.165) is 18.1 Å². The van der Waals surface area contributed by atoms with Crippen molar-refractivity contribution in [2.75, 3.05) is 32.4 Å². The van der Waals surface area contributed by atoms with E-state index in [1.54, 1.807) is 15.9 Å². The van der Waals surface area contributed by atoms with Gasteiger partial charge in [0.15, 0.2) is 21.4 Å². The number of carbonyl (C=O) groups is 2. The Bertz CT molecular complexity index is 948. The van der Waals surface area contributed by atoms with Crippen molar-refractivity contribution in [1.82, 2.24) is 9.80 Å². The molecule has 0 N–H and O–H groups in total. The van der Waals surface area contributed by atoms with Crippen LogP contribution in [0, 0.1) is 0 Å². The third-order valence-corrected chi connectivity index (χ3v) is 5.65. The summed E-state index contributed by atoms with van der Waals surface area (Å²) in [7, 11) is -3.43. The zero-order valence-electron chi connectivity index (χ0n) is 15.5. The number of furan rings is 2. The highest BCUT2D eigenvalue weighted by molar-refractivity contribution is 7.90. The number of hydrogen-bond acceptors (Lipinski definition) is 6. The maximum Gasteiger partial charge on any atom is 0.289 e. The molecule has 27 heavy (non-hydrogen) atoms. The van der Waals surface area contributed by atoms with Gasteiger partial charge >= 0.3 is 0 Å². The number of amides is 2. The van der Waals surface area contributed by atoms with Gasteiger partial charge in [-0.3, -0.25) is 9.59 Å². The molecule has 1 saturated heterocycles. The van der Waals surface area contributed by atoms with Crippen molar-refractivity contribution in [2.45, 2.75) is 24.7 Å². The van der Waals surface area contributed by atoms with Crippen LogP contribution in [-0.4, -0.2) is 62.5 Å². The van der Waals surface area contributed by atoms with Crippen LogP contribution < -0.4 is 0 Å². The number of rotatable bonds is 4. The van der Waals surface area contributed by atoms with E-state index in [0.29, 0.717) is 31.9 Å². The minimum atomic E-state index is -3.43. The van der Waals surface area contributed by atoms with Crippen molar-refractivity contribution < 1.29 is 26.8 Å². The molecule has 2 aromatic rings. The highest BCUT2D eigenvalue weighted by Crippen LogP contribution is 2.23. The lowest BCUT2D eigenvalue weighted by Crippen LogP contribution is -2.50. The molecule has 2 amide bonds. The summed E-state index contributed by atoms with van der Waals surface area (Å²) in [5.41, 5.74) is 0.863. The topological polar surface area (TPSA) is 101 Å². The molecule has 0 aromatic carbocycles. The summed E-state index contributed by atoms with van der Waals surface area (Å²) < 4.78 is 33.5. The molecule has 1 fully saturated rings. The average molecular weight is 394 g/mol. The van der Waals surface area contributed by atoms with E-state index in [1.807, 2.05) is 13.8 Å². The quantitative estimate of drug-likeness (QED) is 0.786. The molecule has 1 aliphatic heterocycles. The summed E-state index contributed by atoms with van der Waals surface area (Å²) in [6, 6.07) is 3.03. The molecule has 9 heteroatoms. The van der Waals surface area contributed by atoms with E-state index in [4.69, 9.17) is 8.83 Å². The summed E-state index contributed by atoms with van der Waals surface area (Å²) in [6.07, 6.45) is 3.63. The molecule has 8 nitrogen and oxygen atoms in total. The second-order valence-corrected chi connectivity index (χ2v) is 8.88. The molecule has 0 saturated carbocycles. The fraction of sp³-hybridized carbons (Fsp3) is 0.444. The fourth-order valence-corrected chi connectivity index (χ4v) is 3.53. The smallest absolute Gasteiger partial charge is 0.289 e. The van der Waals surface area contributed by atoms with Gasteiger partial charge < -0.3 is 18.6 Å². The van der Waals surface area contributed by atoms with E-state index in [2.05, 4.69) is 0 Å². The van der Waals surface area contributed by atoms with Crippen LogP contribution in [0.25, 0.3) is 0 Å². The predicted octanol–water partition coefficient (Wildman–Crippen LogP) is 2.00. The Morgan fingerprint density at radius 2 is 1.63 bits per heavy atom. The van der Waals surface area contributed by atoms with Crippen molar-refractivity contribution in [3.8, 4) is 0 Å². The second kappa shape index (κ2) is 7.22. The lowest BCUT2D eigenvalue weighted by atomic mass is 10.0. The van der Waals surface area contributed by atoms with Gasteiger partial charge in [-0.2, -0.15) is 0 Å². The Morgan fingerprint density at radius 1 is 1.04 bits per heavy atom. The van der Waals surface area contributed by atoms with Crippen molar-refractivity contribution in [1.29, 1.82) is 0 Å². The first-order valence-corrected chi connectivity index (χ1v) is 10.5. The van der Waals surface area contributed by atoms with Crippen LogP contribution in [-0.2, 0) is 9.84 Å². The summed E-state index contributed by atoms with van der Waals surface area (Å²) in [5, 5.41) is 0. The van der Waals surface area contributed by atoms with E-state index in [-0.39, 0.29) is 22.5 Å². The summed E-state index contributed by atoms with van der Waals surface area (Å²) in [4.78, 5) is 28.4. The molecule has 2 aromatic heterocycles. The Morgan fingerprint density at radius 3 is 2.15 bits per heavy atom. The van der Waals surface area contributed by atoms with Gasteiger partial charge in [-0.15, -0.1) is 0 Å². The van der Waals surface area contributed by atoms with Crippen LogP contribution in [0.1, 0.15) is 46.4 Å². The molecule has 3 heterocycles. The lowest BCUT2D eigenvalue weighted by Gasteiger charge is -2.34. The van der Waals surface area contributed by atoms with Gasteiger partial charge in [0.2, 0.25) is 0 Å². The zero-order valence-corrected chi connectivity index (χ0v) is 16.3. The fourth-order valence-electron chi connectivity index (χ4n) is 2.99. The molecule has 0 bridgehead atoms. The number of nitrogens with zero attached hydrogens (tertiary/aromatic N) is 2. The second-order valence-electron chi connectivity index (χ2n) is 6.86. The van der Waals surface area contributed by atoms with E-state index >= 15 is 0 Å². The minimum absolute atomic E-state index is 0.0247. The SMILES string of the molecule is CC(C)c1ccoc1C(=O)N1CCN(C(=O)c2cc(S(C)(=O)=O)co2)CC1. The van der Waals surface area contributed by atoms with Crippen LogP contribution in [0.4, 0.5) is 0 Å². The molecule has 1 aliphatic rings. The van der Waals surface area contributed by atoms with Gasteiger partial charge in [0.1, 0.15) is 11.2 Å². The van der Waals surface area contributed by atoms with E-state index < -0.39 is 15.7 Å². The van der Waals surface area contributed by atoms with Crippen LogP contribution in [0.5, 0.6) is 0 Å². The molecule has 0 radical (unpaired) electrons. The molecule has 0 unspecified atom stereocenters. The van der Waals surface area contributed by atoms with Crippen LogP contribution >= 0.6 is 0 Å². The molecule has 3 rings (SSSR count). The number of hydrogen-bond donors (Lipinski definition) is 0. The van der Waals surface area contributed by atoms with Crippen LogP contribution in [0.2, 0.25) is 0 Å². The summed E-state index contributed by atoms with van der Waals surface area (Å²) in [5.74, 6) is -0.0866. The van der Waals surface area contributed by atoms with Gasteiger partial charge in [-0.05, 0) is 12.0 Å².